The molecule has 2 rings (SSSR count). The van der Waals surface area contributed by atoms with Crippen LogP contribution in [0.3, 0.4) is 0 Å². The van der Waals surface area contributed by atoms with Gasteiger partial charge in [-0.05, 0) is 12.8 Å². The summed E-state index contributed by atoms with van der Waals surface area (Å²) in [5.41, 5.74) is 0. The van der Waals surface area contributed by atoms with Gasteiger partial charge >= 0.3 is 0 Å². The number of carbonyl (C=O) groups excluding carboxylic acids is 2. The number of likely N-dealkylation sites (N-methyl/N-ethyl adjacent to an activating group) is 1. The first-order valence-corrected chi connectivity index (χ1v) is 5.11. The first kappa shape index (κ1) is 10.6. The van der Waals surface area contributed by atoms with Crippen LogP contribution in [-0.4, -0.2) is 40.6 Å². The fourth-order valence-electron chi connectivity index (χ4n) is 1.24. The van der Waals surface area contributed by atoms with E-state index in [9.17, 15) is 9.59 Å². The Morgan fingerprint density at radius 2 is 2.25 bits per heavy atom. The van der Waals surface area contributed by atoms with Crippen LogP contribution in [0.1, 0.15) is 35.2 Å². The number of H-pyrrole nitrogens is 1. The molecule has 0 bridgehead atoms. The van der Waals surface area contributed by atoms with E-state index in [1.807, 2.05) is 0 Å². The predicted octanol–water partition coefficient (Wildman–Crippen LogP) is -0.842. The maximum absolute atomic E-state index is 11.5. The quantitative estimate of drug-likeness (QED) is 0.619. The van der Waals surface area contributed by atoms with Gasteiger partial charge in [0.05, 0.1) is 6.54 Å². The Kier molecular flexibility index (Phi) is 2.84. The van der Waals surface area contributed by atoms with Gasteiger partial charge in [0.25, 0.3) is 5.91 Å². The van der Waals surface area contributed by atoms with Crippen molar-refractivity contribution in [1.29, 1.82) is 0 Å². The van der Waals surface area contributed by atoms with E-state index in [2.05, 4.69) is 25.8 Å². The van der Waals surface area contributed by atoms with Gasteiger partial charge in [-0.25, -0.2) is 4.98 Å². The van der Waals surface area contributed by atoms with Crippen molar-refractivity contribution in [3.63, 3.8) is 0 Å². The summed E-state index contributed by atoms with van der Waals surface area (Å²) in [6, 6.07) is 0. The Balaban J connectivity index is 1.90. The summed E-state index contributed by atoms with van der Waals surface area (Å²) in [6.07, 6.45) is 2.18. The summed E-state index contributed by atoms with van der Waals surface area (Å²) in [7, 11) is 1.51. The molecule has 0 atom stereocenters. The minimum absolute atomic E-state index is 0.0668. The predicted molar refractivity (Wildman–Crippen MR) is 54.8 cm³/mol. The number of aromatic nitrogens is 3. The van der Waals surface area contributed by atoms with Crippen LogP contribution < -0.4 is 10.6 Å². The average Bonchev–Trinajstić information content (AvgIpc) is 3.03. The van der Waals surface area contributed by atoms with Crippen molar-refractivity contribution in [1.82, 2.24) is 25.8 Å². The van der Waals surface area contributed by atoms with Gasteiger partial charge in [0, 0.05) is 13.0 Å². The van der Waals surface area contributed by atoms with Gasteiger partial charge in [-0.2, -0.15) is 0 Å². The molecule has 1 saturated carbocycles. The average molecular weight is 223 g/mol. The Morgan fingerprint density at radius 3 is 2.88 bits per heavy atom. The number of rotatable bonds is 4. The zero-order chi connectivity index (χ0) is 11.5. The van der Waals surface area contributed by atoms with E-state index >= 15 is 0 Å². The Hall–Kier alpha value is -1.92. The van der Waals surface area contributed by atoms with Gasteiger partial charge in [0.1, 0.15) is 5.82 Å². The zero-order valence-electron chi connectivity index (χ0n) is 8.91. The van der Waals surface area contributed by atoms with E-state index in [1.54, 1.807) is 0 Å². The molecular formula is C9H13N5O2. The third-order valence-electron chi connectivity index (χ3n) is 2.36. The van der Waals surface area contributed by atoms with E-state index in [0.29, 0.717) is 5.92 Å². The number of nitrogens with zero attached hydrogens (tertiary/aromatic N) is 2. The standard InChI is InChI=1S/C9H13N5O2/c1-10-6(15)4-11-9(16)8-12-7(13-14-8)5-2-3-5/h5H,2-4H2,1H3,(H,10,15)(H,11,16)(H,12,13,14). The first-order chi connectivity index (χ1) is 7.70. The molecule has 86 valence electrons. The van der Waals surface area contributed by atoms with Gasteiger partial charge in [0.2, 0.25) is 11.7 Å². The number of nitrogens with one attached hydrogen (secondary N) is 3. The molecule has 7 nitrogen and oxygen atoms in total. The lowest BCUT2D eigenvalue weighted by molar-refractivity contribution is -0.119. The number of carbonyl (C=O) groups is 2. The lowest BCUT2D eigenvalue weighted by atomic mass is 10.4. The van der Waals surface area contributed by atoms with E-state index in [0.717, 1.165) is 18.7 Å². The van der Waals surface area contributed by atoms with Crippen molar-refractivity contribution >= 4 is 11.8 Å². The number of aromatic amines is 1. The van der Waals surface area contributed by atoms with Crippen molar-refractivity contribution in [2.24, 2.45) is 0 Å². The molecule has 1 aromatic heterocycles. The molecule has 0 aromatic carbocycles. The number of hydrogen-bond donors (Lipinski definition) is 3. The van der Waals surface area contributed by atoms with Crippen LogP contribution in [0.25, 0.3) is 0 Å². The van der Waals surface area contributed by atoms with Crippen molar-refractivity contribution < 1.29 is 9.59 Å². The molecule has 0 spiro atoms. The Bertz CT molecular complexity index is 410. The van der Waals surface area contributed by atoms with Crippen LogP contribution >= 0.6 is 0 Å². The molecule has 3 N–H and O–H groups in total. The fraction of sp³-hybridized carbons (Fsp3) is 0.556. The van der Waals surface area contributed by atoms with E-state index < -0.39 is 5.91 Å². The smallest absolute Gasteiger partial charge is 0.291 e. The monoisotopic (exact) mass is 223 g/mol. The van der Waals surface area contributed by atoms with Crippen molar-refractivity contribution in [2.45, 2.75) is 18.8 Å². The Labute approximate surface area is 92.0 Å². The van der Waals surface area contributed by atoms with E-state index in [-0.39, 0.29) is 18.3 Å². The minimum atomic E-state index is -0.438. The third kappa shape index (κ3) is 2.36. The van der Waals surface area contributed by atoms with Crippen LogP contribution in [0.4, 0.5) is 0 Å². The lowest BCUT2D eigenvalue weighted by Gasteiger charge is -2.00. The molecule has 0 aliphatic heterocycles. The molecular weight excluding hydrogens is 210 g/mol. The summed E-state index contributed by atoms with van der Waals surface area (Å²) >= 11 is 0. The van der Waals surface area contributed by atoms with Crippen molar-refractivity contribution in [3.05, 3.63) is 11.6 Å². The summed E-state index contributed by atoms with van der Waals surface area (Å²) in [5.74, 6) is 0.571. The SMILES string of the molecule is CNC(=O)CNC(=O)c1n[nH]c(C2CC2)n1. The second kappa shape index (κ2) is 4.30. The normalized spacial score (nSPS) is 14.6. The topological polar surface area (TPSA) is 99.8 Å². The maximum Gasteiger partial charge on any atom is 0.291 e. The fourth-order valence-corrected chi connectivity index (χ4v) is 1.24. The molecule has 0 radical (unpaired) electrons. The molecule has 1 heterocycles. The zero-order valence-corrected chi connectivity index (χ0v) is 8.91. The van der Waals surface area contributed by atoms with Crippen LogP contribution in [0.15, 0.2) is 0 Å². The van der Waals surface area contributed by atoms with Gasteiger partial charge in [-0.3, -0.25) is 14.7 Å². The third-order valence-corrected chi connectivity index (χ3v) is 2.36. The molecule has 1 fully saturated rings. The Morgan fingerprint density at radius 1 is 1.50 bits per heavy atom. The molecule has 2 amide bonds. The highest BCUT2D eigenvalue weighted by molar-refractivity contribution is 5.93. The van der Waals surface area contributed by atoms with Gasteiger partial charge in [0.15, 0.2) is 0 Å². The molecule has 7 heteroatoms. The summed E-state index contributed by atoms with van der Waals surface area (Å²) in [5, 5.41) is 11.4. The molecule has 1 aromatic rings. The number of hydrogen-bond acceptors (Lipinski definition) is 4. The molecule has 1 aliphatic rings. The maximum atomic E-state index is 11.5. The van der Waals surface area contributed by atoms with Gasteiger partial charge in [-0.1, -0.05) is 0 Å². The van der Waals surface area contributed by atoms with Crippen molar-refractivity contribution in [2.75, 3.05) is 13.6 Å². The highest BCUT2D eigenvalue weighted by Crippen LogP contribution is 2.37. The summed E-state index contributed by atoms with van der Waals surface area (Å²) in [4.78, 5) is 26.4. The minimum Gasteiger partial charge on any atom is -0.358 e. The summed E-state index contributed by atoms with van der Waals surface area (Å²) in [6.45, 7) is -0.0668. The highest BCUT2D eigenvalue weighted by atomic mass is 16.2. The highest BCUT2D eigenvalue weighted by Gasteiger charge is 2.28. The van der Waals surface area contributed by atoms with Crippen LogP contribution in [0, 0.1) is 0 Å². The van der Waals surface area contributed by atoms with Gasteiger partial charge < -0.3 is 10.6 Å². The lowest BCUT2D eigenvalue weighted by Crippen LogP contribution is -2.35. The summed E-state index contributed by atoms with van der Waals surface area (Å²) < 4.78 is 0. The van der Waals surface area contributed by atoms with Crippen LogP contribution in [0.5, 0.6) is 0 Å². The second-order valence-corrected chi connectivity index (χ2v) is 3.67. The molecule has 16 heavy (non-hydrogen) atoms. The largest absolute Gasteiger partial charge is 0.358 e. The van der Waals surface area contributed by atoms with E-state index in [1.165, 1.54) is 7.05 Å². The first-order valence-electron chi connectivity index (χ1n) is 5.11. The van der Waals surface area contributed by atoms with Crippen molar-refractivity contribution in [3.8, 4) is 0 Å². The molecule has 0 saturated heterocycles. The second-order valence-electron chi connectivity index (χ2n) is 3.67. The molecule has 1 aliphatic carbocycles. The van der Waals surface area contributed by atoms with E-state index in [4.69, 9.17) is 0 Å². The van der Waals surface area contributed by atoms with Gasteiger partial charge in [-0.15, -0.1) is 5.10 Å². The number of amides is 2. The molecule has 0 unspecified atom stereocenters. The van der Waals surface area contributed by atoms with Crippen LogP contribution in [0.2, 0.25) is 0 Å². The van der Waals surface area contributed by atoms with Crippen LogP contribution in [-0.2, 0) is 4.79 Å².